The second kappa shape index (κ2) is 9.91. The number of likely N-dealkylation sites (tertiary alicyclic amines) is 1. The summed E-state index contributed by atoms with van der Waals surface area (Å²) in [5.74, 6) is 0.778. The summed E-state index contributed by atoms with van der Waals surface area (Å²) >= 11 is 0. The van der Waals surface area contributed by atoms with Crippen molar-refractivity contribution in [2.45, 2.75) is 23.8 Å². The van der Waals surface area contributed by atoms with Gasteiger partial charge in [-0.3, -0.25) is 14.3 Å². The third kappa shape index (κ3) is 5.47. The molecule has 3 unspecified atom stereocenters. The summed E-state index contributed by atoms with van der Waals surface area (Å²) in [5, 5.41) is 10.9. The number of rotatable bonds is 8. The molecule has 3 rings (SSSR count). The molecule has 2 aromatic carbocycles. The van der Waals surface area contributed by atoms with Crippen LogP contribution in [0, 0.1) is 16.0 Å². The molecule has 28 heavy (non-hydrogen) atoms. The summed E-state index contributed by atoms with van der Waals surface area (Å²) in [4.78, 5) is 13.8. The summed E-state index contributed by atoms with van der Waals surface area (Å²) in [7, 11) is 0.676. The van der Waals surface area contributed by atoms with Crippen molar-refractivity contribution in [3.8, 4) is 0 Å². The summed E-state index contributed by atoms with van der Waals surface area (Å²) in [6.07, 6.45) is 1.78. The van der Waals surface area contributed by atoms with E-state index < -0.39 is 10.8 Å². The summed E-state index contributed by atoms with van der Waals surface area (Å²) in [6.45, 7) is 2.57. The van der Waals surface area contributed by atoms with Gasteiger partial charge in [-0.1, -0.05) is 30.3 Å². The Morgan fingerprint density at radius 3 is 2.71 bits per heavy atom. The van der Waals surface area contributed by atoms with Crippen LogP contribution in [0.1, 0.15) is 12.0 Å². The molecule has 0 radical (unpaired) electrons. The largest absolute Gasteiger partial charge is 0.381 e. The van der Waals surface area contributed by atoms with E-state index in [1.807, 2.05) is 36.4 Å². The highest BCUT2D eigenvalue weighted by molar-refractivity contribution is 7.85. The van der Waals surface area contributed by atoms with Crippen LogP contribution in [0.3, 0.4) is 0 Å². The summed E-state index contributed by atoms with van der Waals surface area (Å²) in [6, 6.07) is 16.4. The van der Waals surface area contributed by atoms with Gasteiger partial charge in [0.1, 0.15) is 0 Å². The van der Waals surface area contributed by atoms with Gasteiger partial charge in [-0.05, 0) is 30.5 Å². The first-order valence-corrected chi connectivity index (χ1v) is 10.8. The third-order valence-electron chi connectivity index (χ3n) is 5.26. The van der Waals surface area contributed by atoms with E-state index in [-0.39, 0.29) is 22.6 Å². The lowest BCUT2D eigenvalue weighted by molar-refractivity contribution is -0.384. The molecule has 1 aliphatic rings. The van der Waals surface area contributed by atoms with Gasteiger partial charge in [0, 0.05) is 55.4 Å². The van der Waals surface area contributed by atoms with Gasteiger partial charge in [0.25, 0.3) is 5.69 Å². The maximum Gasteiger partial charge on any atom is 0.269 e. The molecule has 7 heteroatoms. The maximum absolute atomic E-state index is 12.7. The van der Waals surface area contributed by atoms with Crippen LogP contribution < -0.4 is 0 Å². The van der Waals surface area contributed by atoms with Crippen LogP contribution in [0.25, 0.3) is 0 Å². The molecule has 1 fully saturated rings. The van der Waals surface area contributed by atoms with Crippen LogP contribution in [0.2, 0.25) is 0 Å². The Morgan fingerprint density at radius 2 is 2.00 bits per heavy atom. The number of piperidine rings is 1. The quantitative estimate of drug-likeness (QED) is 0.500. The second-order valence-electron chi connectivity index (χ2n) is 7.13. The number of nitro groups is 1. The zero-order valence-corrected chi connectivity index (χ0v) is 16.8. The minimum Gasteiger partial charge on any atom is -0.381 e. The second-order valence-corrected chi connectivity index (χ2v) is 8.62. The van der Waals surface area contributed by atoms with Crippen LogP contribution in [0.4, 0.5) is 5.69 Å². The Labute approximate surface area is 168 Å². The fourth-order valence-electron chi connectivity index (χ4n) is 3.74. The van der Waals surface area contributed by atoms with Crippen molar-refractivity contribution in [1.29, 1.82) is 0 Å². The lowest BCUT2D eigenvalue weighted by Gasteiger charge is -2.37. The van der Waals surface area contributed by atoms with Crippen LogP contribution in [0.15, 0.2) is 59.5 Å². The van der Waals surface area contributed by atoms with Crippen molar-refractivity contribution in [3.63, 3.8) is 0 Å². The average Bonchev–Trinajstić information content (AvgIpc) is 2.73. The van der Waals surface area contributed by atoms with Gasteiger partial charge in [0.2, 0.25) is 0 Å². The van der Waals surface area contributed by atoms with Gasteiger partial charge < -0.3 is 9.64 Å². The molecule has 0 aromatic heterocycles. The van der Waals surface area contributed by atoms with Crippen LogP contribution in [0.5, 0.6) is 0 Å². The molecule has 0 N–H and O–H groups in total. The van der Waals surface area contributed by atoms with E-state index in [2.05, 4.69) is 4.90 Å². The third-order valence-corrected chi connectivity index (χ3v) is 6.79. The normalized spacial score (nSPS) is 21.3. The fourth-order valence-corrected chi connectivity index (χ4v) is 5.10. The molecule has 6 nitrogen and oxygen atoms in total. The Kier molecular flexibility index (Phi) is 7.30. The average molecular weight is 403 g/mol. The molecular formula is C21H26N2O4S. The first-order chi connectivity index (χ1) is 13.6. The molecule has 0 amide bonds. The standard InChI is InChI=1S/C21H26N2O4S/c1-27-21-11-13-22(12-10-17-6-5-7-19(14-17)23(24)25)15-18(21)16-28(26)20-8-3-2-4-9-20/h2-9,14,18,21H,10-13,15-16H2,1H3. The highest BCUT2D eigenvalue weighted by atomic mass is 32.2. The van der Waals surface area contributed by atoms with E-state index >= 15 is 0 Å². The number of hydrogen-bond donors (Lipinski definition) is 0. The van der Waals surface area contributed by atoms with Gasteiger partial charge in [-0.2, -0.15) is 0 Å². The molecule has 3 atom stereocenters. The maximum atomic E-state index is 12.7. The van der Waals surface area contributed by atoms with Crippen molar-refractivity contribution in [2.24, 2.45) is 5.92 Å². The van der Waals surface area contributed by atoms with Gasteiger partial charge >= 0.3 is 0 Å². The molecular weight excluding hydrogens is 376 g/mol. The van der Waals surface area contributed by atoms with Crippen molar-refractivity contribution < 1.29 is 13.9 Å². The van der Waals surface area contributed by atoms with Gasteiger partial charge in [0.05, 0.1) is 21.8 Å². The van der Waals surface area contributed by atoms with E-state index in [1.54, 1.807) is 19.2 Å². The van der Waals surface area contributed by atoms with E-state index in [9.17, 15) is 14.3 Å². The fraction of sp³-hybridized carbons (Fsp3) is 0.429. The molecule has 1 heterocycles. The molecule has 0 spiro atoms. The number of non-ortho nitro benzene ring substituents is 1. The van der Waals surface area contributed by atoms with Crippen LogP contribution in [-0.4, -0.2) is 52.6 Å². The number of hydrogen-bond acceptors (Lipinski definition) is 5. The molecule has 0 saturated carbocycles. The lowest BCUT2D eigenvalue weighted by Crippen LogP contribution is -2.46. The topological polar surface area (TPSA) is 72.7 Å². The van der Waals surface area contributed by atoms with Crippen molar-refractivity contribution in [2.75, 3.05) is 32.5 Å². The molecule has 0 aliphatic carbocycles. The number of benzene rings is 2. The zero-order chi connectivity index (χ0) is 19.9. The highest BCUT2D eigenvalue weighted by Crippen LogP contribution is 2.23. The SMILES string of the molecule is COC1CCN(CCc2cccc([N+](=O)[O-])c2)CC1CS(=O)c1ccccc1. The highest BCUT2D eigenvalue weighted by Gasteiger charge is 2.30. The lowest BCUT2D eigenvalue weighted by atomic mass is 9.96. The van der Waals surface area contributed by atoms with E-state index in [0.29, 0.717) is 5.75 Å². The number of nitrogens with zero attached hydrogens (tertiary/aromatic N) is 2. The first kappa shape index (κ1) is 20.6. The molecule has 150 valence electrons. The predicted molar refractivity (Wildman–Crippen MR) is 110 cm³/mol. The van der Waals surface area contributed by atoms with Gasteiger partial charge in [-0.15, -0.1) is 0 Å². The van der Waals surface area contributed by atoms with Gasteiger partial charge in [0.15, 0.2) is 0 Å². The molecule has 1 aliphatic heterocycles. The first-order valence-electron chi connectivity index (χ1n) is 9.48. The van der Waals surface area contributed by atoms with Gasteiger partial charge in [-0.25, -0.2) is 0 Å². The van der Waals surface area contributed by atoms with E-state index in [4.69, 9.17) is 4.74 Å². The molecule has 2 aromatic rings. The minimum absolute atomic E-state index is 0.113. The molecule has 0 bridgehead atoms. The Morgan fingerprint density at radius 1 is 1.21 bits per heavy atom. The Bertz CT molecular complexity index is 815. The number of nitro benzene ring substituents is 1. The smallest absolute Gasteiger partial charge is 0.269 e. The van der Waals surface area contributed by atoms with Crippen molar-refractivity contribution >= 4 is 16.5 Å². The Hall–Kier alpha value is -2.09. The van der Waals surface area contributed by atoms with E-state index in [0.717, 1.165) is 42.9 Å². The number of methoxy groups -OCH3 is 1. The van der Waals surface area contributed by atoms with Crippen LogP contribution in [-0.2, 0) is 22.0 Å². The van der Waals surface area contributed by atoms with Crippen LogP contribution >= 0.6 is 0 Å². The van der Waals surface area contributed by atoms with Crippen molar-refractivity contribution in [1.82, 2.24) is 4.90 Å². The number of ether oxygens (including phenoxy) is 1. The molecule has 1 saturated heterocycles. The summed E-state index contributed by atoms with van der Waals surface area (Å²) in [5.41, 5.74) is 1.10. The minimum atomic E-state index is -1.05. The monoisotopic (exact) mass is 402 g/mol. The van der Waals surface area contributed by atoms with E-state index in [1.165, 1.54) is 6.07 Å². The zero-order valence-electron chi connectivity index (χ0n) is 16.0. The predicted octanol–water partition coefficient (Wildman–Crippen LogP) is 3.28. The Balaban J connectivity index is 1.59. The van der Waals surface area contributed by atoms with Crippen molar-refractivity contribution in [3.05, 3.63) is 70.3 Å². The summed E-state index contributed by atoms with van der Waals surface area (Å²) < 4.78 is 18.4.